The molecule has 0 aliphatic carbocycles. The maximum absolute atomic E-state index is 9.37. The van der Waals surface area contributed by atoms with Crippen LogP contribution < -0.4 is 5.73 Å². The highest BCUT2D eigenvalue weighted by molar-refractivity contribution is 7.80. The van der Waals surface area contributed by atoms with Crippen LogP contribution >= 0.6 is 12.6 Å². The zero-order chi connectivity index (χ0) is 8.97. The summed E-state index contributed by atoms with van der Waals surface area (Å²) in [5.74, 6) is 5.99. The average molecular weight is 179 g/mol. The van der Waals surface area contributed by atoms with Gasteiger partial charge in [-0.1, -0.05) is 17.9 Å². The van der Waals surface area contributed by atoms with Gasteiger partial charge in [0.15, 0.2) is 5.75 Å². The molecule has 0 heterocycles. The van der Waals surface area contributed by atoms with Gasteiger partial charge in [-0.2, -0.15) is 12.6 Å². The van der Waals surface area contributed by atoms with E-state index in [2.05, 4.69) is 24.5 Å². The Morgan fingerprint density at radius 1 is 1.50 bits per heavy atom. The van der Waals surface area contributed by atoms with Crippen LogP contribution in [0.3, 0.4) is 0 Å². The highest BCUT2D eigenvalue weighted by Crippen LogP contribution is 2.22. The van der Waals surface area contributed by atoms with Crippen molar-refractivity contribution in [1.82, 2.24) is 0 Å². The number of thiol groups is 1. The summed E-state index contributed by atoms with van der Waals surface area (Å²) in [6, 6.07) is 5.08. The summed E-state index contributed by atoms with van der Waals surface area (Å²) in [6.07, 6.45) is 0. The van der Waals surface area contributed by atoms with Crippen molar-refractivity contribution in [2.45, 2.75) is 0 Å². The Bertz CT molecular complexity index is 338. The first kappa shape index (κ1) is 8.82. The predicted octanol–water partition coefficient (Wildman–Crippen LogP) is 1.26. The number of para-hydroxylation sites is 1. The molecule has 0 atom stereocenters. The second kappa shape index (κ2) is 3.93. The second-order valence-electron chi connectivity index (χ2n) is 2.20. The van der Waals surface area contributed by atoms with Crippen LogP contribution in [-0.4, -0.2) is 10.9 Å². The van der Waals surface area contributed by atoms with E-state index in [0.717, 1.165) is 0 Å². The summed E-state index contributed by atoms with van der Waals surface area (Å²) in [6.45, 7) is 0. The Labute approximate surface area is 76.8 Å². The number of phenolic OH excluding ortho intramolecular Hbond substituents is 1. The molecule has 0 unspecified atom stereocenters. The number of aromatic hydroxyl groups is 1. The van der Waals surface area contributed by atoms with Gasteiger partial charge in [0.25, 0.3) is 0 Å². The van der Waals surface area contributed by atoms with E-state index < -0.39 is 0 Å². The zero-order valence-electron chi connectivity index (χ0n) is 6.41. The molecule has 0 aliphatic heterocycles. The molecule has 1 aromatic rings. The minimum absolute atomic E-state index is 0.0479. The fourth-order valence-corrected chi connectivity index (χ4v) is 0.876. The molecule has 0 aliphatic rings. The molecule has 0 radical (unpaired) electrons. The molecule has 0 spiro atoms. The molecule has 1 aromatic carbocycles. The Kier molecular flexibility index (Phi) is 2.89. The topological polar surface area (TPSA) is 46.2 Å². The lowest BCUT2D eigenvalue weighted by molar-refractivity contribution is 0.476. The van der Waals surface area contributed by atoms with Crippen molar-refractivity contribution < 1.29 is 5.11 Å². The number of nitrogens with two attached hydrogens (primary N) is 1. The van der Waals surface area contributed by atoms with Crippen LogP contribution in [0.4, 0.5) is 5.69 Å². The Morgan fingerprint density at radius 3 is 2.92 bits per heavy atom. The molecule has 0 aromatic heterocycles. The van der Waals surface area contributed by atoms with E-state index in [9.17, 15) is 5.11 Å². The molecular weight excluding hydrogens is 170 g/mol. The molecule has 0 amide bonds. The van der Waals surface area contributed by atoms with Gasteiger partial charge in [-0.05, 0) is 12.1 Å². The summed E-state index contributed by atoms with van der Waals surface area (Å²) < 4.78 is 0. The van der Waals surface area contributed by atoms with E-state index in [0.29, 0.717) is 17.0 Å². The zero-order valence-corrected chi connectivity index (χ0v) is 7.31. The molecule has 0 saturated heterocycles. The lowest BCUT2D eigenvalue weighted by atomic mass is 10.2. The molecular formula is C9H9NOS. The van der Waals surface area contributed by atoms with Gasteiger partial charge in [0.2, 0.25) is 0 Å². The van der Waals surface area contributed by atoms with Crippen molar-refractivity contribution in [2.75, 3.05) is 11.5 Å². The molecule has 0 bridgehead atoms. The Morgan fingerprint density at radius 2 is 2.25 bits per heavy atom. The second-order valence-corrected chi connectivity index (χ2v) is 2.52. The first-order chi connectivity index (χ1) is 5.75. The minimum atomic E-state index is 0.0479. The van der Waals surface area contributed by atoms with Crippen LogP contribution in [0.1, 0.15) is 5.56 Å². The van der Waals surface area contributed by atoms with Gasteiger partial charge >= 0.3 is 0 Å². The standard InChI is InChI=1S/C9H9NOS/c10-8-5-1-3-7(9(8)11)4-2-6-12/h1,3,5,11-12H,6,10H2. The van der Waals surface area contributed by atoms with Gasteiger partial charge in [0.05, 0.1) is 17.0 Å². The van der Waals surface area contributed by atoms with Crippen LogP contribution in [0.25, 0.3) is 0 Å². The Balaban J connectivity index is 3.08. The number of hydrogen-bond acceptors (Lipinski definition) is 3. The fraction of sp³-hybridized carbons (Fsp3) is 0.111. The smallest absolute Gasteiger partial charge is 0.154 e. The van der Waals surface area contributed by atoms with Crippen LogP contribution in [0.15, 0.2) is 18.2 Å². The van der Waals surface area contributed by atoms with Gasteiger partial charge in [-0.3, -0.25) is 0 Å². The number of nitrogen functional groups attached to an aromatic ring is 1. The van der Waals surface area contributed by atoms with Gasteiger partial charge in [-0.15, -0.1) is 0 Å². The molecule has 3 heteroatoms. The lowest BCUT2D eigenvalue weighted by Gasteiger charge is -1.99. The van der Waals surface area contributed by atoms with Crippen molar-refractivity contribution >= 4 is 18.3 Å². The van der Waals surface area contributed by atoms with Gasteiger partial charge < -0.3 is 10.8 Å². The summed E-state index contributed by atoms with van der Waals surface area (Å²) in [7, 11) is 0. The summed E-state index contributed by atoms with van der Waals surface area (Å²) >= 11 is 3.92. The van der Waals surface area contributed by atoms with Gasteiger partial charge in [0.1, 0.15) is 0 Å². The molecule has 3 N–H and O–H groups in total. The van der Waals surface area contributed by atoms with E-state index in [1.165, 1.54) is 0 Å². The van der Waals surface area contributed by atoms with E-state index in [-0.39, 0.29) is 5.75 Å². The van der Waals surface area contributed by atoms with Gasteiger partial charge in [-0.25, -0.2) is 0 Å². The molecule has 12 heavy (non-hydrogen) atoms. The van der Waals surface area contributed by atoms with Crippen molar-refractivity contribution in [3.8, 4) is 17.6 Å². The number of hydrogen-bond donors (Lipinski definition) is 3. The predicted molar refractivity (Wildman–Crippen MR) is 53.3 cm³/mol. The average Bonchev–Trinajstić information content (AvgIpc) is 2.08. The first-order valence-corrected chi connectivity index (χ1v) is 4.06. The lowest BCUT2D eigenvalue weighted by Crippen LogP contribution is -1.87. The third kappa shape index (κ3) is 1.86. The first-order valence-electron chi connectivity index (χ1n) is 3.43. The summed E-state index contributed by atoms with van der Waals surface area (Å²) in [5, 5.41) is 9.37. The molecule has 62 valence electrons. The van der Waals surface area contributed by atoms with Crippen molar-refractivity contribution in [1.29, 1.82) is 0 Å². The molecule has 1 rings (SSSR count). The number of benzene rings is 1. The van der Waals surface area contributed by atoms with Crippen LogP contribution in [-0.2, 0) is 0 Å². The highest BCUT2D eigenvalue weighted by atomic mass is 32.1. The third-order valence-electron chi connectivity index (χ3n) is 1.37. The quantitative estimate of drug-likeness (QED) is 0.243. The van der Waals surface area contributed by atoms with E-state index in [1.54, 1.807) is 18.2 Å². The molecule has 2 nitrogen and oxygen atoms in total. The normalized spacial score (nSPS) is 8.75. The minimum Gasteiger partial charge on any atom is -0.505 e. The molecule has 0 fully saturated rings. The maximum Gasteiger partial charge on any atom is 0.154 e. The SMILES string of the molecule is Nc1cccc(C#CCS)c1O. The van der Waals surface area contributed by atoms with Gasteiger partial charge in [0, 0.05) is 0 Å². The van der Waals surface area contributed by atoms with E-state index in [4.69, 9.17) is 5.73 Å². The fourth-order valence-electron chi connectivity index (χ4n) is 0.797. The largest absolute Gasteiger partial charge is 0.505 e. The number of rotatable bonds is 0. The van der Waals surface area contributed by atoms with E-state index >= 15 is 0 Å². The Hall–Kier alpha value is -1.27. The number of phenols is 1. The van der Waals surface area contributed by atoms with Crippen LogP contribution in [0.2, 0.25) is 0 Å². The highest BCUT2D eigenvalue weighted by Gasteiger charge is 1.99. The van der Waals surface area contributed by atoms with Crippen molar-refractivity contribution in [3.05, 3.63) is 23.8 Å². The van der Waals surface area contributed by atoms with Crippen molar-refractivity contribution in [2.24, 2.45) is 0 Å². The molecule has 0 saturated carbocycles. The van der Waals surface area contributed by atoms with E-state index in [1.807, 2.05) is 0 Å². The van der Waals surface area contributed by atoms with Crippen LogP contribution in [0, 0.1) is 11.8 Å². The maximum atomic E-state index is 9.37. The summed E-state index contributed by atoms with van der Waals surface area (Å²) in [4.78, 5) is 0. The monoisotopic (exact) mass is 179 g/mol. The van der Waals surface area contributed by atoms with Crippen LogP contribution in [0.5, 0.6) is 5.75 Å². The third-order valence-corrected chi connectivity index (χ3v) is 1.53. The van der Waals surface area contributed by atoms with Crippen molar-refractivity contribution in [3.63, 3.8) is 0 Å². The summed E-state index contributed by atoms with van der Waals surface area (Å²) in [5.41, 5.74) is 6.35. The number of anilines is 1.